The number of ether oxygens (including phenoxy) is 4. The number of nitrogens with zero attached hydrogens (tertiary/aromatic N) is 7. The average Bonchev–Trinajstić information content (AvgIpc) is 3.66. The second-order valence-electron chi connectivity index (χ2n) is 14.7. The Bertz CT molecular complexity index is 2440. The molecule has 0 bridgehead atoms. The van der Waals surface area contributed by atoms with Gasteiger partial charge in [0.1, 0.15) is 41.7 Å². The summed E-state index contributed by atoms with van der Waals surface area (Å²) in [7, 11) is 2.13. The highest BCUT2D eigenvalue weighted by molar-refractivity contribution is 7.22. The number of benzene rings is 3. The predicted molar refractivity (Wildman–Crippen MR) is 229 cm³/mol. The lowest BCUT2D eigenvalue weighted by Gasteiger charge is -2.32. The van der Waals surface area contributed by atoms with Crippen LogP contribution < -0.4 is 19.1 Å². The molecule has 0 unspecified atom stereocenters. The number of fused-ring (bicyclic) bond motifs is 1. The Morgan fingerprint density at radius 1 is 0.950 bits per heavy atom. The van der Waals surface area contributed by atoms with Crippen molar-refractivity contribution in [2.75, 3.05) is 77.6 Å². The minimum Gasteiger partial charge on any atom is -0.491 e. The predicted octanol–water partition coefficient (Wildman–Crippen LogP) is 7.03. The quantitative estimate of drug-likeness (QED) is 0.113. The van der Waals surface area contributed by atoms with Crippen molar-refractivity contribution >= 4 is 45.1 Å². The van der Waals surface area contributed by atoms with Crippen LogP contribution in [0.15, 0.2) is 79.3 Å². The zero-order valence-electron chi connectivity index (χ0n) is 33.4. The summed E-state index contributed by atoms with van der Waals surface area (Å²) in [5.41, 5.74) is 4.23. The number of aromatic nitrogens is 4. The average molecular weight is 854 g/mol. The fourth-order valence-corrected chi connectivity index (χ4v) is 8.69. The lowest BCUT2D eigenvalue weighted by molar-refractivity contribution is -0.145. The van der Waals surface area contributed by atoms with E-state index >= 15 is 0 Å². The molecule has 2 fully saturated rings. The van der Waals surface area contributed by atoms with Crippen LogP contribution in [0.4, 0.5) is 10.3 Å². The molecule has 6 aromatic rings. The number of anilines is 1. The Kier molecular flexibility index (Phi) is 13.0. The number of carbonyl (C=O) groups is 1. The van der Waals surface area contributed by atoms with Gasteiger partial charge in [-0.3, -0.25) is 4.90 Å². The Morgan fingerprint density at radius 3 is 2.52 bits per heavy atom. The molecule has 0 saturated carbocycles. The second kappa shape index (κ2) is 18.9. The van der Waals surface area contributed by atoms with Gasteiger partial charge in [-0.2, -0.15) is 0 Å². The third-order valence-electron chi connectivity index (χ3n) is 10.7. The van der Waals surface area contributed by atoms with E-state index < -0.39 is 12.1 Å². The summed E-state index contributed by atoms with van der Waals surface area (Å²) in [6, 6.07) is 19.0. The van der Waals surface area contributed by atoms with Crippen LogP contribution in [0.5, 0.6) is 17.4 Å². The summed E-state index contributed by atoms with van der Waals surface area (Å²) in [5, 5.41) is 11.6. The summed E-state index contributed by atoms with van der Waals surface area (Å²) < 4.78 is 38.5. The number of morpholine rings is 1. The maximum Gasteiger partial charge on any atom is 0.345 e. The zero-order valence-corrected chi connectivity index (χ0v) is 34.9. The van der Waals surface area contributed by atoms with Gasteiger partial charge in [-0.15, -0.1) is 11.3 Å². The number of hydrogen-bond donors (Lipinski definition) is 1. The van der Waals surface area contributed by atoms with Gasteiger partial charge in [-0.05, 0) is 66.6 Å². The van der Waals surface area contributed by atoms with Crippen LogP contribution in [0.3, 0.4) is 0 Å². The van der Waals surface area contributed by atoms with Crippen LogP contribution in [0.25, 0.3) is 31.8 Å². The van der Waals surface area contributed by atoms with Crippen LogP contribution in [-0.4, -0.2) is 120 Å². The van der Waals surface area contributed by atoms with Gasteiger partial charge in [-0.1, -0.05) is 48.0 Å². The third-order valence-corrected chi connectivity index (χ3v) is 12.3. The van der Waals surface area contributed by atoms with Crippen LogP contribution in [-0.2, 0) is 22.6 Å². The van der Waals surface area contributed by atoms with Crippen molar-refractivity contribution < 1.29 is 33.2 Å². The molecule has 2 aliphatic heterocycles. The van der Waals surface area contributed by atoms with Crippen LogP contribution >= 0.6 is 22.9 Å². The van der Waals surface area contributed by atoms with Crippen molar-refractivity contribution in [2.45, 2.75) is 26.1 Å². The molecule has 3 aromatic carbocycles. The van der Waals surface area contributed by atoms with Crippen LogP contribution in [0.1, 0.15) is 16.8 Å². The zero-order chi connectivity index (χ0) is 41.6. The number of hydrogen-bond acceptors (Lipinski definition) is 13. The van der Waals surface area contributed by atoms with E-state index in [9.17, 15) is 14.3 Å². The molecule has 0 amide bonds. The number of para-hydroxylation sites is 1. The van der Waals surface area contributed by atoms with Gasteiger partial charge in [0.15, 0.2) is 0 Å². The first kappa shape index (κ1) is 41.3. The first-order chi connectivity index (χ1) is 29.2. The highest BCUT2D eigenvalue weighted by Gasteiger charge is 2.28. The van der Waals surface area contributed by atoms with E-state index in [1.54, 1.807) is 30.5 Å². The molecule has 312 valence electrons. The summed E-state index contributed by atoms with van der Waals surface area (Å²) in [4.78, 5) is 39.3. The number of piperazine rings is 1. The van der Waals surface area contributed by atoms with Crippen molar-refractivity contribution in [3.63, 3.8) is 0 Å². The largest absolute Gasteiger partial charge is 0.491 e. The number of halogens is 2. The molecule has 1 atom stereocenters. The smallest absolute Gasteiger partial charge is 0.345 e. The fourth-order valence-electron chi connectivity index (χ4n) is 7.32. The summed E-state index contributed by atoms with van der Waals surface area (Å²) in [6.07, 6.45) is 1.66. The molecular weight excluding hydrogens is 809 g/mol. The molecular formula is C44H45ClFN7O6S. The van der Waals surface area contributed by atoms with Crippen molar-refractivity contribution in [2.24, 2.45) is 0 Å². The molecule has 0 spiro atoms. The van der Waals surface area contributed by atoms with Crippen molar-refractivity contribution in [1.82, 2.24) is 29.7 Å². The van der Waals surface area contributed by atoms with Crippen LogP contribution in [0, 0.1) is 12.7 Å². The summed E-state index contributed by atoms with van der Waals surface area (Å²) >= 11 is 8.42. The Labute approximate surface area is 356 Å². The monoisotopic (exact) mass is 853 g/mol. The standard InChI is InChI=1S/C44H45ClFN7O6S/c1-28-33(11-12-35(39(28)45)57-24-19-52-17-15-51(2)16-18-52)37-38-41(48-27-49-42(38)60-40(37)29-7-9-31(46)10-8-29)59-36(43(54)55)25-30-5-3-4-6-34(30)58-26-32-13-14-47-44(50-32)53-20-22-56-23-21-53/h3-14,27,36H,15-26H2,1-2H3,(H,54,55)/t36-/m1/s1. The van der Waals surface area contributed by atoms with Gasteiger partial charge in [0.25, 0.3) is 0 Å². The van der Waals surface area contributed by atoms with Crippen molar-refractivity contribution in [3.05, 3.63) is 107 Å². The van der Waals surface area contributed by atoms with E-state index in [-0.39, 0.29) is 24.7 Å². The lowest BCUT2D eigenvalue weighted by Crippen LogP contribution is -2.45. The van der Waals surface area contributed by atoms with Crippen molar-refractivity contribution in [1.29, 1.82) is 0 Å². The molecule has 5 heterocycles. The number of carboxylic acid groups (broad SMARTS) is 1. The number of rotatable bonds is 15. The highest BCUT2D eigenvalue weighted by atomic mass is 35.5. The molecule has 0 aliphatic carbocycles. The van der Waals surface area contributed by atoms with E-state index in [1.165, 1.54) is 29.8 Å². The Hall–Kier alpha value is -5.45. The summed E-state index contributed by atoms with van der Waals surface area (Å²) in [5.74, 6) is 0.202. The van der Waals surface area contributed by atoms with E-state index in [1.807, 2.05) is 37.3 Å². The Balaban J connectivity index is 1.08. The SMILES string of the molecule is Cc1c(-c2c(-c3ccc(F)cc3)sc3ncnc(O[C@H](Cc4ccccc4OCc4ccnc(N5CCOCC5)n4)C(=O)O)c23)ccc(OCCN2CCN(C)CC2)c1Cl. The molecule has 1 N–H and O–H groups in total. The minimum absolute atomic E-state index is 0.0326. The fraction of sp³-hybridized carbons (Fsp3) is 0.341. The van der Waals surface area contributed by atoms with Gasteiger partial charge >= 0.3 is 5.97 Å². The maximum atomic E-state index is 14.2. The number of carboxylic acids is 1. The molecule has 13 nitrogen and oxygen atoms in total. The van der Waals surface area contributed by atoms with E-state index in [4.69, 9.17) is 35.5 Å². The van der Waals surface area contributed by atoms with Gasteiger partial charge < -0.3 is 33.9 Å². The highest BCUT2D eigenvalue weighted by Crippen LogP contribution is 2.49. The summed E-state index contributed by atoms with van der Waals surface area (Å²) in [6.45, 7) is 9.97. The molecule has 0 radical (unpaired) electrons. The van der Waals surface area contributed by atoms with Gasteiger partial charge in [0.2, 0.25) is 17.9 Å². The number of aliphatic carboxylic acids is 1. The van der Waals surface area contributed by atoms with E-state index in [0.717, 1.165) is 54.3 Å². The molecule has 16 heteroatoms. The molecule has 60 heavy (non-hydrogen) atoms. The van der Waals surface area contributed by atoms with Gasteiger partial charge in [0, 0.05) is 68.9 Å². The second-order valence-corrected chi connectivity index (χ2v) is 16.1. The minimum atomic E-state index is -1.36. The molecule has 3 aromatic heterocycles. The molecule has 2 aliphatic rings. The maximum absolute atomic E-state index is 14.2. The first-order valence-corrected chi connectivity index (χ1v) is 21.0. The molecule has 8 rings (SSSR count). The van der Waals surface area contributed by atoms with Crippen LogP contribution in [0.2, 0.25) is 5.02 Å². The Morgan fingerprint density at radius 2 is 1.73 bits per heavy atom. The first-order valence-electron chi connectivity index (χ1n) is 19.8. The van der Waals surface area contributed by atoms with Gasteiger partial charge in [-0.25, -0.2) is 29.1 Å². The number of thiophene rings is 1. The third kappa shape index (κ3) is 9.45. The molecule has 2 saturated heterocycles. The topological polar surface area (TPSA) is 136 Å². The van der Waals surface area contributed by atoms with Crippen molar-refractivity contribution in [3.8, 4) is 38.9 Å². The van der Waals surface area contributed by atoms with Gasteiger partial charge in [0.05, 0.1) is 29.3 Å². The van der Waals surface area contributed by atoms with E-state index in [0.29, 0.717) is 82.4 Å². The number of likely N-dealkylation sites (N-methyl/N-ethyl adjacent to an activating group) is 1. The normalized spacial score (nSPS) is 15.6. The lowest BCUT2D eigenvalue weighted by atomic mass is 9.96. The van der Waals surface area contributed by atoms with E-state index in [2.05, 4.69) is 36.7 Å².